The average molecular weight is 367 g/mol. The van der Waals surface area contributed by atoms with E-state index >= 15 is 0 Å². The summed E-state index contributed by atoms with van der Waals surface area (Å²) in [5, 5.41) is 2.38. The summed E-state index contributed by atoms with van der Waals surface area (Å²) in [6.07, 6.45) is 0. The summed E-state index contributed by atoms with van der Waals surface area (Å²) >= 11 is 7.75. The summed E-state index contributed by atoms with van der Waals surface area (Å²) in [4.78, 5) is 1.44. The van der Waals surface area contributed by atoms with Crippen molar-refractivity contribution in [2.24, 2.45) is 0 Å². The molecule has 1 aromatic heterocycles. The number of fused-ring (bicyclic) bond motifs is 1. The average Bonchev–Trinajstić information content (AvgIpc) is 2.44. The second kappa shape index (κ2) is 3.87. The molecule has 2 aromatic rings. The third-order valence-corrected chi connectivity index (χ3v) is 4.99. The van der Waals surface area contributed by atoms with Crippen molar-refractivity contribution >= 4 is 59.9 Å². The summed E-state index contributed by atoms with van der Waals surface area (Å²) in [6.45, 7) is 2.20. The Morgan fingerprint density at radius 2 is 2.23 bits per heavy atom. The molecule has 1 heterocycles. The third-order valence-electron chi connectivity index (χ3n) is 2.12. The summed E-state index contributed by atoms with van der Waals surface area (Å²) < 4.78 is 2.71. The quantitative estimate of drug-likeness (QED) is 0.506. The van der Waals surface area contributed by atoms with Gasteiger partial charge in [0.25, 0.3) is 0 Å². The molecule has 0 N–H and O–H groups in total. The summed E-state index contributed by atoms with van der Waals surface area (Å²) in [5.41, 5.74) is 1.43. The molecule has 2 rings (SSSR count). The number of alkyl halides is 1. The van der Waals surface area contributed by atoms with Gasteiger partial charge in [-0.25, -0.2) is 0 Å². The van der Waals surface area contributed by atoms with E-state index in [0.29, 0.717) is 0 Å². The Labute approximate surface area is 104 Å². The van der Waals surface area contributed by atoms with E-state index in [0.717, 1.165) is 5.33 Å². The van der Waals surface area contributed by atoms with Gasteiger partial charge in [-0.15, -0.1) is 11.3 Å². The minimum Gasteiger partial charge on any atom is -0.139 e. The number of aryl methyl sites for hydroxylation is 1. The Kier molecular flexibility index (Phi) is 2.95. The Morgan fingerprint density at radius 3 is 2.92 bits per heavy atom. The molecule has 0 saturated heterocycles. The normalized spacial score (nSPS) is 11.0. The van der Waals surface area contributed by atoms with E-state index in [2.05, 4.69) is 63.6 Å². The Morgan fingerprint density at radius 1 is 1.46 bits per heavy atom. The zero-order valence-electron chi connectivity index (χ0n) is 7.10. The molecule has 0 aliphatic heterocycles. The molecule has 3 heteroatoms. The topological polar surface area (TPSA) is 0 Å². The molecule has 1 aromatic carbocycles. The molecule has 0 radical (unpaired) electrons. The fourth-order valence-electron chi connectivity index (χ4n) is 1.37. The van der Waals surface area contributed by atoms with Crippen LogP contribution in [0.15, 0.2) is 18.2 Å². The predicted molar refractivity (Wildman–Crippen MR) is 71.9 cm³/mol. The van der Waals surface area contributed by atoms with Crippen LogP contribution in [0.4, 0.5) is 0 Å². The van der Waals surface area contributed by atoms with Crippen molar-refractivity contribution < 1.29 is 0 Å². The maximum absolute atomic E-state index is 3.51. The maximum atomic E-state index is 3.51. The van der Waals surface area contributed by atoms with Crippen molar-refractivity contribution in [2.45, 2.75) is 12.3 Å². The predicted octanol–water partition coefficient (Wildman–Crippen LogP) is 4.71. The zero-order valence-corrected chi connectivity index (χ0v) is 11.7. The van der Waals surface area contributed by atoms with Crippen LogP contribution in [0.2, 0.25) is 0 Å². The van der Waals surface area contributed by atoms with Crippen molar-refractivity contribution in [3.8, 4) is 0 Å². The molecule has 0 saturated carbocycles. The second-order valence-corrected chi connectivity index (χ2v) is 5.87. The Balaban J connectivity index is 2.77. The Bertz CT molecular complexity index is 447. The molecule has 0 aliphatic carbocycles. The van der Waals surface area contributed by atoms with Crippen LogP contribution in [0.25, 0.3) is 10.1 Å². The van der Waals surface area contributed by atoms with Gasteiger partial charge in [-0.05, 0) is 58.7 Å². The lowest BCUT2D eigenvalue weighted by molar-refractivity contribution is 1.44. The highest BCUT2D eigenvalue weighted by molar-refractivity contribution is 14.1. The molecule has 0 nitrogen and oxygen atoms in total. The molecule has 0 fully saturated rings. The number of hydrogen-bond acceptors (Lipinski definition) is 1. The van der Waals surface area contributed by atoms with E-state index in [1.807, 2.05) is 11.3 Å². The smallest absolute Gasteiger partial charge is 0.0380 e. The van der Waals surface area contributed by atoms with Crippen molar-refractivity contribution in [2.75, 3.05) is 0 Å². The molecule has 0 atom stereocenters. The van der Waals surface area contributed by atoms with Gasteiger partial charge in [0.1, 0.15) is 0 Å². The lowest BCUT2D eigenvalue weighted by atomic mass is 10.2. The zero-order chi connectivity index (χ0) is 9.42. The van der Waals surface area contributed by atoms with E-state index in [-0.39, 0.29) is 0 Å². The van der Waals surface area contributed by atoms with Crippen LogP contribution in [-0.2, 0) is 5.33 Å². The van der Waals surface area contributed by atoms with Gasteiger partial charge in [0.2, 0.25) is 0 Å². The van der Waals surface area contributed by atoms with Gasteiger partial charge in [0.15, 0.2) is 0 Å². The molecule has 0 aliphatic rings. The van der Waals surface area contributed by atoms with E-state index in [1.54, 1.807) is 0 Å². The Hall–Kier alpha value is 0.390. The van der Waals surface area contributed by atoms with Gasteiger partial charge in [0, 0.05) is 18.5 Å². The SMILES string of the molecule is Cc1c(CBr)sc2ccc(I)cc12. The summed E-state index contributed by atoms with van der Waals surface area (Å²) in [7, 11) is 0. The molecule has 68 valence electrons. The van der Waals surface area contributed by atoms with Gasteiger partial charge in [-0.3, -0.25) is 0 Å². The van der Waals surface area contributed by atoms with Crippen molar-refractivity contribution in [3.63, 3.8) is 0 Å². The fraction of sp³-hybridized carbons (Fsp3) is 0.200. The number of rotatable bonds is 1. The van der Waals surface area contributed by atoms with E-state index in [9.17, 15) is 0 Å². The van der Waals surface area contributed by atoms with Crippen LogP contribution in [-0.4, -0.2) is 0 Å². The second-order valence-electron chi connectivity index (χ2n) is 2.92. The summed E-state index contributed by atoms with van der Waals surface area (Å²) in [6, 6.07) is 6.63. The monoisotopic (exact) mass is 366 g/mol. The highest BCUT2D eigenvalue weighted by Gasteiger charge is 2.06. The van der Waals surface area contributed by atoms with Gasteiger partial charge < -0.3 is 0 Å². The van der Waals surface area contributed by atoms with Crippen LogP contribution in [0.5, 0.6) is 0 Å². The first-order valence-electron chi connectivity index (χ1n) is 3.96. The van der Waals surface area contributed by atoms with E-state index in [4.69, 9.17) is 0 Å². The van der Waals surface area contributed by atoms with E-state index < -0.39 is 0 Å². The number of halogens is 2. The largest absolute Gasteiger partial charge is 0.139 e. The van der Waals surface area contributed by atoms with Gasteiger partial charge in [0.05, 0.1) is 0 Å². The number of hydrogen-bond donors (Lipinski definition) is 0. The lowest BCUT2D eigenvalue weighted by Crippen LogP contribution is -1.75. The lowest BCUT2D eigenvalue weighted by Gasteiger charge is -1.93. The van der Waals surface area contributed by atoms with Crippen molar-refractivity contribution in [3.05, 3.63) is 32.2 Å². The standard InChI is InChI=1S/C10H8BrIS/c1-6-8-4-7(12)2-3-9(8)13-10(6)5-11/h2-4H,5H2,1H3. The number of thiophene rings is 1. The van der Waals surface area contributed by atoms with Crippen molar-refractivity contribution in [1.82, 2.24) is 0 Å². The molecular formula is C10H8BrIS. The molecule has 0 amide bonds. The summed E-state index contributed by atoms with van der Waals surface area (Å²) in [5.74, 6) is 0. The minimum absolute atomic E-state index is 0.967. The first kappa shape index (κ1) is 9.93. The van der Waals surface area contributed by atoms with Crippen LogP contribution in [0.1, 0.15) is 10.4 Å². The van der Waals surface area contributed by atoms with Crippen LogP contribution < -0.4 is 0 Å². The van der Waals surface area contributed by atoms with Crippen LogP contribution in [0, 0.1) is 10.5 Å². The third kappa shape index (κ3) is 1.78. The first-order valence-corrected chi connectivity index (χ1v) is 6.97. The van der Waals surface area contributed by atoms with Gasteiger partial charge >= 0.3 is 0 Å². The van der Waals surface area contributed by atoms with Crippen LogP contribution >= 0.6 is 49.9 Å². The first-order chi connectivity index (χ1) is 6.22. The minimum atomic E-state index is 0.967. The highest BCUT2D eigenvalue weighted by atomic mass is 127. The highest BCUT2D eigenvalue weighted by Crippen LogP contribution is 2.32. The molecular weight excluding hydrogens is 359 g/mol. The molecule has 0 unspecified atom stereocenters. The number of benzene rings is 1. The van der Waals surface area contributed by atoms with E-state index in [1.165, 1.54) is 24.1 Å². The van der Waals surface area contributed by atoms with Gasteiger partial charge in [-0.1, -0.05) is 15.9 Å². The molecule has 0 spiro atoms. The maximum Gasteiger partial charge on any atom is 0.0380 e. The fourth-order valence-corrected chi connectivity index (χ4v) is 3.67. The van der Waals surface area contributed by atoms with Crippen molar-refractivity contribution in [1.29, 1.82) is 0 Å². The van der Waals surface area contributed by atoms with Crippen LogP contribution in [0.3, 0.4) is 0 Å². The van der Waals surface area contributed by atoms with Gasteiger partial charge in [-0.2, -0.15) is 0 Å². The molecule has 13 heavy (non-hydrogen) atoms. The molecule has 0 bridgehead atoms.